The minimum absolute atomic E-state index is 1.30. The molecule has 9 heavy (non-hydrogen) atoms. The van der Waals surface area contributed by atoms with Crippen molar-refractivity contribution in [1.82, 2.24) is 4.31 Å². The Labute approximate surface area is 65.1 Å². The summed E-state index contributed by atoms with van der Waals surface area (Å²) >= 11 is 0. The van der Waals surface area contributed by atoms with Crippen LogP contribution in [0.15, 0.2) is 0 Å². The van der Waals surface area contributed by atoms with Crippen molar-refractivity contribution in [3.8, 4) is 0 Å². The summed E-state index contributed by atoms with van der Waals surface area (Å²) in [6.45, 7) is 2.59. The van der Waals surface area contributed by atoms with E-state index >= 15 is 0 Å². The zero-order valence-corrected chi connectivity index (χ0v) is 7.43. The first-order chi connectivity index (χ1) is 4.43. The summed E-state index contributed by atoms with van der Waals surface area (Å²) in [5.41, 5.74) is 0. The van der Waals surface area contributed by atoms with Gasteiger partial charge in [-0.05, 0) is 30.1 Å². The van der Waals surface area contributed by atoms with Crippen LogP contribution in [-0.4, -0.2) is 23.7 Å². The highest BCUT2D eigenvalue weighted by Gasteiger charge is 2.08. The first-order valence-electron chi connectivity index (χ1n) is 3.39. The SMILES string of the molecule is CSSN1CCCCC1. The van der Waals surface area contributed by atoms with Gasteiger partial charge in [0.15, 0.2) is 0 Å². The maximum atomic E-state index is 2.45. The van der Waals surface area contributed by atoms with E-state index in [1.54, 1.807) is 0 Å². The average Bonchev–Trinajstić information content (AvgIpc) is 1.91. The molecule has 0 aromatic rings. The molecule has 0 radical (unpaired) electrons. The van der Waals surface area contributed by atoms with Gasteiger partial charge in [-0.2, -0.15) is 0 Å². The number of rotatable bonds is 2. The van der Waals surface area contributed by atoms with Crippen molar-refractivity contribution >= 4 is 21.8 Å². The Hall–Kier alpha value is 0.660. The lowest BCUT2D eigenvalue weighted by atomic mass is 10.2. The smallest absolute Gasteiger partial charge is 0.00972 e. The van der Waals surface area contributed by atoms with Crippen LogP contribution in [-0.2, 0) is 0 Å². The largest absolute Gasteiger partial charge is 0.241 e. The Morgan fingerprint density at radius 2 is 1.78 bits per heavy atom. The summed E-state index contributed by atoms with van der Waals surface area (Å²) in [6, 6.07) is 0. The van der Waals surface area contributed by atoms with Crippen molar-refractivity contribution in [2.45, 2.75) is 19.3 Å². The van der Waals surface area contributed by atoms with Crippen molar-refractivity contribution in [3.63, 3.8) is 0 Å². The van der Waals surface area contributed by atoms with Gasteiger partial charge in [0, 0.05) is 13.1 Å². The first kappa shape index (κ1) is 7.76. The van der Waals surface area contributed by atoms with Crippen LogP contribution >= 0.6 is 21.8 Å². The van der Waals surface area contributed by atoms with Crippen LogP contribution in [0.4, 0.5) is 0 Å². The van der Waals surface area contributed by atoms with Crippen LogP contribution in [0.2, 0.25) is 0 Å². The summed E-state index contributed by atoms with van der Waals surface area (Å²) in [5, 5.41) is 0. The molecule has 0 atom stereocenters. The topological polar surface area (TPSA) is 3.24 Å². The van der Waals surface area contributed by atoms with Gasteiger partial charge in [-0.3, -0.25) is 0 Å². The molecule has 54 valence electrons. The molecule has 0 spiro atoms. The lowest BCUT2D eigenvalue weighted by molar-refractivity contribution is 0.384. The van der Waals surface area contributed by atoms with E-state index in [1.807, 2.05) is 21.8 Å². The molecule has 0 aromatic carbocycles. The maximum absolute atomic E-state index is 2.45. The Kier molecular flexibility index (Phi) is 3.86. The van der Waals surface area contributed by atoms with Crippen LogP contribution in [0.5, 0.6) is 0 Å². The monoisotopic (exact) mass is 163 g/mol. The van der Waals surface area contributed by atoms with E-state index in [1.165, 1.54) is 32.4 Å². The minimum atomic E-state index is 1.30. The normalized spacial score (nSPS) is 22.3. The quantitative estimate of drug-likeness (QED) is 0.454. The lowest BCUT2D eigenvalue weighted by Crippen LogP contribution is -2.21. The highest BCUT2D eigenvalue weighted by Crippen LogP contribution is 2.25. The fourth-order valence-electron chi connectivity index (χ4n) is 1.04. The van der Waals surface area contributed by atoms with Crippen molar-refractivity contribution in [2.75, 3.05) is 19.3 Å². The second kappa shape index (κ2) is 4.47. The fraction of sp³-hybridized carbons (Fsp3) is 1.00. The van der Waals surface area contributed by atoms with Gasteiger partial charge in [0.25, 0.3) is 0 Å². The lowest BCUT2D eigenvalue weighted by Gasteiger charge is -2.23. The van der Waals surface area contributed by atoms with Gasteiger partial charge >= 0.3 is 0 Å². The molecule has 3 heteroatoms. The third-order valence-corrected chi connectivity index (χ3v) is 3.30. The summed E-state index contributed by atoms with van der Waals surface area (Å²) in [4.78, 5) is 0. The van der Waals surface area contributed by atoms with Crippen molar-refractivity contribution in [1.29, 1.82) is 0 Å². The Bertz CT molecular complexity index is 68.7. The van der Waals surface area contributed by atoms with Crippen molar-refractivity contribution in [3.05, 3.63) is 0 Å². The zero-order valence-electron chi connectivity index (χ0n) is 5.80. The van der Waals surface area contributed by atoms with Crippen LogP contribution in [0.25, 0.3) is 0 Å². The van der Waals surface area contributed by atoms with E-state index in [2.05, 4.69) is 10.6 Å². The number of piperidine rings is 1. The molecule has 0 amide bonds. The molecular formula is C6H13NS2. The van der Waals surface area contributed by atoms with Crippen LogP contribution in [0.3, 0.4) is 0 Å². The second-order valence-electron chi connectivity index (χ2n) is 2.23. The van der Waals surface area contributed by atoms with Crippen LogP contribution in [0.1, 0.15) is 19.3 Å². The Balaban J connectivity index is 2.08. The van der Waals surface area contributed by atoms with Gasteiger partial charge in [0.05, 0.1) is 0 Å². The molecule has 0 aromatic heterocycles. The van der Waals surface area contributed by atoms with Crippen LogP contribution < -0.4 is 0 Å². The fourth-order valence-corrected chi connectivity index (χ4v) is 2.74. The van der Waals surface area contributed by atoms with Gasteiger partial charge in [0.2, 0.25) is 0 Å². The maximum Gasteiger partial charge on any atom is 0.00972 e. The molecule has 0 saturated carbocycles. The standard InChI is InChI=1S/C6H13NS2/c1-8-9-7-5-3-2-4-6-7/h2-6H2,1H3. The van der Waals surface area contributed by atoms with Gasteiger partial charge in [-0.1, -0.05) is 17.2 Å². The van der Waals surface area contributed by atoms with Crippen molar-refractivity contribution < 1.29 is 0 Å². The molecule has 0 N–H and O–H groups in total. The number of nitrogens with zero attached hydrogens (tertiary/aromatic N) is 1. The molecule has 1 fully saturated rings. The number of hydrogen-bond acceptors (Lipinski definition) is 3. The van der Waals surface area contributed by atoms with E-state index in [0.29, 0.717) is 0 Å². The summed E-state index contributed by atoms with van der Waals surface area (Å²) in [6.07, 6.45) is 6.37. The highest BCUT2D eigenvalue weighted by molar-refractivity contribution is 8.75. The predicted molar refractivity (Wildman–Crippen MR) is 46.5 cm³/mol. The summed E-state index contributed by atoms with van der Waals surface area (Å²) < 4.78 is 2.45. The molecule has 1 saturated heterocycles. The van der Waals surface area contributed by atoms with E-state index in [-0.39, 0.29) is 0 Å². The van der Waals surface area contributed by atoms with E-state index in [9.17, 15) is 0 Å². The molecule has 1 nitrogen and oxygen atoms in total. The van der Waals surface area contributed by atoms with Crippen molar-refractivity contribution in [2.24, 2.45) is 0 Å². The summed E-state index contributed by atoms with van der Waals surface area (Å²) in [7, 11) is 3.75. The van der Waals surface area contributed by atoms with Gasteiger partial charge in [0.1, 0.15) is 0 Å². The molecule has 0 bridgehead atoms. The highest BCUT2D eigenvalue weighted by atomic mass is 33.1. The molecule has 1 aliphatic heterocycles. The minimum Gasteiger partial charge on any atom is -0.241 e. The van der Waals surface area contributed by atoms with Gasteiger partial charge < -0.3 is 0 Å². The molecular weight excluding hydrogens is 150 g/mol. The summed E-state index contributed by atoms with van der Waals surface area (Å²) in [5.74, 6) is 0. The van der Waals surface area contributed by atoms with Crippen LogP contribution in [0, 0.1) is 0 Å². The molecule has 1 heterocycles. The van der Waals surface area contributed by atoms with E-state index < -0.39 is 0 Å². The zero-order chi connectivity index (χ0) is 6.53. The molecule has 1 rings (SSSR count). The molecule has 0 unspecified atom stereocenters. The molecule has 0 aliphatic carbocycles. The van der Waals surface area contributed by atoms with Gasteiger partial charge in [-0.15, -0.1) is 0 Å². The third kappa shape index (κ3) is 2.83. The molecule has 1 aliphatic rings. The average molecular weight is 163 g/mol. The predicted octanol–water partition coefficient (Wildman–Crippen LogP) is 2.40. The first-order valence-corrected chi connectivity index (χ1v) is 5.90. The van der Waals surface area contributed by atoms with E-state index in [4.69, 9.17) is 0 Å². The Morgan fingerprint density at radius 3 is 2.33 bits per heavy atom. The third-order valence-electron chi connectivity index (χ3n) is 1.49. The number of hydrogen-bond donors (Lipinski definition) is 0. The van der Waals surface area contributed by atoms with E-state index in [0.717, 1.165) is 0 Å². The second-order valence-corrected chi connectivity index (χ2v) is 4.68. The van der Waals surface area contributed by atoms with Gasteiger partial charge in [-0.25, -0.2) is 4.31 Å². The Morgan fingerprint density at radius 1 is 1.11 bits per heavy atom.